The van der Waals surface area contributed by atoms with Gasteiger partial charge in [0.15, 0.2) is 11.5 Å². The van der Waals surface area contributed by atoms with Gasteiger partial charge in [-0.05, 0) is 35.7 Å². The highest BCUT2D eigenvalue weighted by Gasteiger charge is 2.19. The van der Waals surface area contributed by atoms with Gasteiger partial charge in [0.2, 0.25) is 10.0 Å². The third-order valence-corrected chi connectivity index (χ3v) is 5.47. The molecule has 3 rings (SSSR count). The molecule has 0 aromatic heterocycles. The van der Waals surface area contributed by atoms with Crippen molar-refractivity contribution >= 4 is 10.0 Å². The molecule has 6 nitrogen and oxygen atoms in total. The molecule has 1 N–H and O–H groups in total. The van der Waals surface area contributed by atoms with Gasteiger partial charge < -0.3 is 14.2 Å². The second-order valence-electron chi connectivity index (χ2n) is 6.28. The molecule has 0 saturated heterocycles. The Hall–Kier alpha value is -2.25. The molecule has 26 heavy (non-hydrogen) atoms. The van der Waals surface area contributed by atoms with E-state index in [1.54, 1.807) is 6.07 Å². The number of hydrogen-bond donors (Lipinski definition) is 1. The lowest BCUT2D eigenvalue weighted by Gasteiger charge is -2.19. The zero-order valence-electron chi connectivity index (χ0n) is 14.9. The molecule has 0 saturated carbocycles. The number of sulfonamides is 1. The topological polar surface area (TPSA) is 73.9 Å². The van der Waals surface area contributed by atoms with Crippen LogP contribution in [-0.2, 0) is 10.0 Å². The van der Waals surface area contributed by atoms with Crippen LogP contribution >= 0.6 is 0 Å². The second-order valence-corrected chi connectivity index (χ2v) is 8.05. The first-order valence-corrected chi connectivity index (χ1v) is 10.1. The van der Waals surface area contributed by atoms with Crippen molar-refractivity contribution in [1.82, 2.24) is 4.72 Å². The highest BCUT2D eigenvalue weighted by molar-refractivity contribution is 7.89. The quantitative estimate of drug-likeness (QED) is 0.751. The van der Waals surface area contributed by atoms with Crippen molar-refractivity contribution in [3.05, 3.63) is 48.0 Å². The Labute approximate surface area is 154 Å². The minimum absolute atomic E-state index is 0.142. The fourth-order valence-electron chi connectivity index (χ4n) is 2.58. The molecule has 0 spiro atoms. The third-order valence-electron chi connectivity index (χ3n) is 4.01. The lowest BCUT2D eigenvalue weighted by molar-refractivity contribution is 0.171. The molecule has 0 amide bonds. The van der Waals surface area contributed by atoms with Gasteiger partial charge in [-0.1, -0.05) is 26.0 Å². The van der Waals surface area contributed by atoms with Gasteiger partial charge in [-0.25, -0.2) is 13.1 Å². The van der Waals surface area contributed by atoms with Crippen molar-refractivity contribution in [2.75, 3.05) is 26.4 Å². The van der Waals surface area contributed by atoms with E-state index in [2.05, 4.69) is 18.6 Å². The lowest BCUT2D eigenvalue weighted by Crippen LogP contribution is -2.28. The van der Waals surface area contributed by atoms with Crippen LogP contribution in [0.2, 0.25) is 0 Å². The smallest absolute Gasteiger partial charge is 0.240 e. The molecule has 0 aliphatic carbocycles. The Morgan fingerprint density at radius 3 is 2.62 bits per heavy atom. The van der Waals surface area contributed by atoms with Crippen LogP contribution in [0, 0.1) is 0 Å². The summed E-state index contributed by atoms with van der Waals surface area (Å²) in [5, 5.41) is 0. The van der Waals surface area contributed by atoms with Crippen molar-refractivity contribution in [2.45, 2.75) is 24.7 Å². The number of hydrogen-bond acceptors (Lipinski definition) is 5. The molecular weight excluding hydrogens is 354 g/mol. The summed E-state index contributed by atoms with van der Waals surface area (Å²) < 4.78 is 43.8. The normalized spacial score (nSPS) is 13.7. The van der Waals surface area contributed by atoms with Gasteiger partial charge in [-0.2, -0.15) is 0 Å². The number of ether oxygens (including phenoxy) is 3. The van der Waals surface area contributed by atoms with Crippen LogP contribution in [0.1, 0.15) is 25.3 Å². The summed E-state index contributed by atoms with van der Waals surface area (Å²) in [6.07, 6.45) is 0. The summed E-state index contributed by atoms with van der Waals surface area (Å²) in [4.78, 5) is 0.142. The summed E-state index contributed by atoms with van der Waals surface area (Å²) >= 11 is 0. The van der Waals surface area contributed by atoms with Crippen LogP contribution in [-0.4, -0.2) is 34.8 Å². The monoisotopic (exact) mass is 377 g/mol. The lowest BCUT2D eigenvalue weighted by atomic mass is 10.0. The number of rotatable bonds is 7. The molecule has 2 aromatic carbocycles. The molecule has 0 bridgehead atoms. The van der Waals surface area contributed by atoms with Crippen molar-refractivity contribution in [3.63, 3.8) is 0 Å². The summed E-state index contributed by atoms with van der Waals surface area (Å²) in [5.74, 6) is 2.14. The van der Waals surface area contributed by atoms with Crippen LogP contribution in [0.3, 0.4) is 0 Å². The fourth-order valence-corrected chi connectivity index (χ4v) is 3.61. The zero-order valence-corrected chi connectivity index (χ0v) is 15.7. The average molecular weight is 377 g/mol. The zero-order chi connectivity index (χ0) is 18.6. The van der Waals surface area contributed by atoms with E-state index in [1.807, 2.05) is 24.3 Å². The predicted molar refractivity (Wildman–Crippen MR) is 98.6 cm³/mol. The maximum Gasteiger partial charge on any atom is 0.240 e. The van der Waals surface area contributed by atoms with Gasteiger partial charge in [0, 0.05) is 12.6 Å². The number of benzene rings is 2. The van der Waals surface area contributed by atoms with Crippen molar-refractivity contribution < 1.29 is 22.6 Å². The van der Waals surface area contributed by atoms with Crippen molar-refractivity contribution in [1.29, 1.82) is 0 Å². The maximum atomic E-state index is 12.4. The van der Waals surface area contributed by atoms with E-state index in [1.165, 1.54) is 17.7 Å². The number of nitrogens with one attached hydrogen (secondary N) is 1. The summed E-state index contributed by atoms with van der Waals surface area (Å²) in [6.45, 7) is 5.51. The minimum Gasteiger partial charge on any atom is -0.492 e. The average Bonchev–Trinajstić information content (AvgIpc) is 2.65. The third kappa shape index (κ3) is 4.47. The molecule has 2 aromatic rings. The Balaban J connectivity index is 1.56. The van der Waals surface area contributed by atoms with Gasteiger partial charge in [0.1, 0.15) is 25.6 Å². The first-order chi connectivity index (χ1) is 12.5. The van der Waals surface area contributed by atoms with E-state index in [-0.39, 0.29) is 18.0 Å². The molecule has 1 heterocycles. The Morgan fingerprint density at radius 2 is 1.85 bits per heavy atom. The standard InChI is InChI=1S/C19H23NO5S/c1-14(2)15-4-3-5-16(12-15)23-9-8-20-26(21,22)17-6-7-18-19(13-17)25-11-10-24-18/h3-7,12-14,20H,8-11H2,1-2H3. The van der Waals surface area contributed by atoms with E-state index >= 15 is 0 Å². The SMILES string of the molecule is CC(C)c1cccc(OCCNS(=O)(=O)c2ccc3c(c2)OCCO3)c1. The molecular formula is C19H23NO5S. The van der Waals surface area contributed by atoms with E-state index < -0.39 is 10.0 Å². The Morgan fingerprint density at radius 1 is 1.08 bits per heavy atom. The second kappa shape index (κ2) is 7.97. The number of fused-ring (bicyclic) bond motifs is 1. The molecule has 140 valence electrons. The Bertz CT molecular complexity index is 864. The minimum atomic E-state index is -3.64. The van der Waals surface area contributed by atoms with Crippen LogP contribution in [0.25, 0.3) is 0 Å². The largest absolute Gasteiger partial charge is 0.492 e. The maximum absolute atomic E-state index is 12.4. The van der Waals surface area contributed by atoms with E-state index in [0.717, 1.165) is 5.75 Å². The highest BCUT2D eigenvalue weighted by atomic mass is 32.2. The first-order valence-electron chi connectivity index (χ1n) is 8.58. The van der Waals surface area contributed by atoms with E-state index in [4.69, 9.17) is 14.2 Å². The predicted octanol–water partition coefficient (Wildman–Crippen LogP) is 2.94. The first kappa shape index (κ1) is 18.5. The summed E-state index contributed by atoms with van der Waals surface area (Å²) in [5.41, 5.74) is 1.18. The van der Waals surface area contributed by atoms with Crippen LogP contribution in [0.4, 0.5) is 0 Å². The Kier molecular flexibility index (Phi) is 5.68. The van der Waals surface area contributed by atoms with Crippen molar-refractivity contribution in [2.24, 2.45) is 0 Å². The molecule has 0 atom stereocenters. The van der Waals surface area contributed by atoms with Gasteiger partial charge in [-0.15, -0.1) is 0 Å². The molecule has 1 aliphatic heterocycles. The van der Waals surface area contributed by atoms with E-state index in [9.17, 15) is 8.42 Å². The summed E-state index contributed by atoms with van der Waals surface area (Å²) in [6, 6.07) is 12.4. The van der Waals surface area contributed by atoms with Gasteiger partial charge >= 0.3 is 0 Å². The summed E-state index contributed by atoms with van der Waals surface area (Å²) in [7, 11) is -3.64. The molecule has 0 fully saturated rings. The van der Waals surface area contributed by atoms with Gasteiger partial charge in [0.05, 0.1) is 4.90 Å². The van der Waals surface area contributed by atoms with Crippen LogP contribution in [0.5, 0.6) is 17.2 Å². The van der Waals surface area contributed by atoms with Gasteiger partial charge in [-0.3, -0.25) is 0 Å². The molecule has 1 aliphatic rings. The van der Waals surface area contributed by atoms with Crippen LogP contribution in [0.15, 0.2) is 47.4 Å². The molecule has 0 radical (unpaired) electrons. The van der Waals surface area contributed by atoms with Crippen molar-refractivity contribution in [3.8, 4) is 17.2 Å². The fraction of sp³-hybridized carbons (Fsp3) is 0.368. The van der Waals surface area contributed by atoms with E-state index in [0.29, 0.717) is 30.6 Å². The highest BCUT2D eigenvalue weighted by Crippen LogP contribution is 2.32. The van der Waals surface area contributed by atoms with Gasteiger partial charge in [0.25, 0.3) is 0 Å². The molecule has 7 heteroatoms. The van der Waals surface area contributed by atoms with Crippen LogP contribution < -0.4 is 18.9 Å². The molecule has 0 unspecified atom stereocenters.